The van der Waals surface area contributed by atoms with Crippen LogP contribution in [0.5, 0.6) is 0 Å². The van der Waals surface area contributed by atoms with Crippen molar-refractivity contribution in [3.05, 3.63) is 0 Å². The molecule has 1 atom stereocenters. The van der Waals surface area contributed by atoms with E-state index in [1.807, 2.05) is 11.8 Å². The van der Waals surface area contributed by atoms with Crippen LogP contribution in [0.2, 0.25) is 0 Å². The smallest absolute Gasteiger partial charge is 0.234 e. The highest BCUT2D eigenvalue weighted by molar-refractivity contribution is 7.99. The molecule has 15 heavy (non-hydrogen) atoms. The fraction of sp³-hybridized carbons (Fsp3) is 0.909. The average molecular weight is 230 g/mol. The Hall–Kier alpha value is -0.220. The topological polar surface area (TPSA) is 55.1 Å². The third-order valence-corrected chi connectivity index (χ3v) is 4.30. The van der Waals surface area contributed by atoms with Gasteiger partial charge in [-0.2, -0.15) is 11.8 Å². The van der Waals surface area contributed by atoms with Gasteiger partial charge >= 0.3 is 0 Å². The molecule has 1 amide bonds. The minimum Gasteiger partial charge on any atom is -0.368 e. The number of carbonyl (C=O) groups is 1. The fourth-order valence-electron chi connectivity index (χ4n) is 2.06. The lowest BCUT2D eigenvalue weighted by Crippen LogP contribution is -2.39. The Balaban J connectivity index is 2.02. The molecule has 0 aromatic rings. The van der Waals surface area contributed by atoms with Gasteiger partial charge in [-0.3, -0.25) is 4.79 Å². The van der Waals surface area contributed by atoms with Crippen LogP contribution in [0.15, 0.2) is 0 Å². The Bertz CT molecular complexity index is 193. The van der Waals surface area contributed by atoms with Gasteiger partial charge in [0.05, 0.1) is 6.04 Å². The van der Waals surface area contributed by atoms with Crippen LogP contribution >= 0.6 is 11.8 Å². The number of hydrogen-bond acceptors (Lipinski definition) is 3. The van der Waals surface area contributed by atoms with Crippen LogP contribution in [0.25, 0.3) is 0 Å². The Morgan fingerprint density at radius 3 is 2.73 bits per heavy atom. The fourth-order valence-corrected chi connectivity index (χ4v) is 3.29. The summed E-state index contributed by atoms with van der Waals surface area (Å²) in [5.41, 5.74) is 5.24. The highest BCUT2D eigenvalue weighted by atomic mass is 32.2. The number of rotatable bonds is 7. The maximum absolute atomic E-state index is 10.9. The van der Waals surface area contributed by atoms with Crippen molar-refractivity contribution in [3.8, 4) is 0 Å². The third kappa shape index (κ3) is 4.89. The zero-order valence-corrected chi connectivity index (χ0v) is 10.3. The summed E-state index contributed by atoms with van der Waals surface area (Å²) in [6.07, 6.45) is 6.47. The molecule has 0 radical (unpaired) electrons. The van der Waals surface area contributed by atoms with Crippen LogP contribution in [0.4, 0.5) is 0 Å². The summed E-state index contributed by atoms with van der Waals surface area (Å²) in [5, 5.41) is 2.94. The van der Waals surface area contributed by atoms with E-state index in [1.54, 1.807) is 7.05 Å². The van der Waals surface area contributed by atoms with Gasteiger partial charge in [0.2, 0.25) is 5.91 Å². The van der Waals surface area contributed by atoms with Crippen LogP contribution < -0.4 is 11.1 Å². The van der Waals surface area contributed by atoms with Crippen molar-refractivity contribution < 1.29 is 4.79 Å². The summed E-state index contributed by atoms with van der Waals surface area (Å²) < 4.78 is 0. The number of nitrogens with two attached hydrogens (primary N) is 1. The quantitative estimate of drug-likeness (QED) is 0.650. The minimum absolute atomic E-state index is 0.152. The number of nitrogens with one attached hydrogen (secondary N) is 1. The highest BCUT2D eigenvalue weighted by Crippen LogP contribution is 2.27. The van der Waals surface area contributed by atoms with Crippen LogP contribution in [0, 0.1) is 5.92 Å². The van der Waals surface area contributed by atoms with E-state index in [0.717, 1.165) is 18.1 Å². The molecule has 0 spiro atoms. The Labute approximate surface area is 96.6 Å². The number of likely N-dealkylation sites (N-methyl/N-ethyl adjacent to an activating group) is 1. The predicted molar refractivity (Wildman–Crippen MR) is 65.9 cm³/mol. The molecule has 0 aromatic heterocycles. The molecule has 4 heteroatoms. The second-order valence-corrected chi connectivity index (χ2v) is 5.41. The van der Waals surface area contributed by atoms with E-state index in [1.165, 1.54) is 31.4 Å². The summed E-state index contributed by atoms with van der Waals surface area (Å²) >= 11 is 1.96. The summed E-state index contributed by atoms with van der Waals surface area (Å²) in [7, 11) is 1.79. The van der Waals surface area contributed by atoms with Gasteiger partial charge in [0, 0.05) is 0 Å². The van der Waals surface area contributed by atoms with E-state index in [-0.39, 0.29) is 11.9 Å². The molecule has 1 aliphatic rings. The van der Waals surface area contributed by atoms with Crippen molar-refractivity contribution in [3.63, 3.8) is 0 Å². The van der Waals surface area contributed by atoms with Gasteiger partial charge in [-0.25, -0.2) is 0 Å². The second kappa shape index (κ2) is 7.12. The van der Waals surface area contributed by atoms with Gasteiger partial charge in [0.1, 0.15) is 0 Å². The molecule has 0 aromatic carbocycles. The van der Waals surface area contributed by atoms with Crippen molar-refractivity contribution in [1.29, 1.82) is 0 Å². The summed E-state index contributed by atoms with van der Waals surface area (Å²) in [6, 6.07) is -0.152. The lowest BCUT2D eigenvalue weighted by atomic mass is 10.1. The van der Waals surface area contributed by atoms with E-state index in [9.17, 15) is 4.79 Å². The molecule has 88 valence electrons. The summed E-state index contributed by atoms with van der Waals surface area (Å²) in [4.78, 5) is 10.9. The van der Waals surface area contributed by atoms with E-state index >= 15 is 0 Å². The molecule has 1 saturated carbocycles. The summed E-state index contributed by atoms with van der Waals surface area (Å²) in [6.45, 7) is 0. The lowest BCUT2D eigenvalue weighted by Gasteiger charge is -2.12. The first kappa shape index (κ1) is 12.8. The average Bonchev–Trinajstić information content (AvgIpc) is 2.70. The molecular formula is C11H22N2OS. The van der Waals surface area contributed by atoms with Crippen molar-refractivity contribution in [2.45, 2.75) is 38.1 Å². The zero-order valence-electron chi connectivity index (χ0n) is 9.50. The standard InChI is InChI=1S/C11H22N2OS/c1-13-10(11(12)14)6-7-15-8-9-4-2-3-5-9/h9-10,13H,2-8H2,1H3,(H2,12,14). The molecule has 1 rings (SSSR count). The first-order valence-electron chi connectivity index (χ1n) is 5.78. The van der Waals surface area contributed by atoms with Crippen LogP contribution in [-0.4, -0.2) is 30.5 Å². The van der Waals surface area contributed by atoms with Crippen LogP contribution in [0.3, 0.4) is 0 Å². The molecule has 1 fully saturated rings. The molecule has 1 aliphatic carbocycles. The molecule has 3 nitrogen and oxygen atoms in total. The molecule has 0 saturated heterocycles. The number of thioether (sulfide) groups is 1. The van der Waals surface area contributed by atoms with Gasteiger partial charge in [-0.15, -0.1) is 0 Å². The van der Waals surface area contributed by atoms with Gasteiger partial charge in [0.25, 0.3) is 0 Å². The Kier molecular flexibility index (Phi) is 6.10. The first-order valence-corrected chi connectivity index (χ1v) is 6.94. The SMILES string of the molecule is CNC(CCSCC1CCCC1)C(N)=O. The molecule has 3 N–H and O–H groups in total. The third-order valence-electron chi connectivity index (χ3n) is 3.07. The minimum atomic E-state index is -0.237. The van der Waals surface area contributed by atoms with E-state index in [4.69, 9.17) is 5.73 Å². The second-order valence-electron chi connectivity index (χ2n) is 4.26. The van der Waals surface area contributed by atoms with Crippen LogP contribution in [-0.2, 0) is 4.79 Å². The lowest BCUT2D eigenvalue weighted by molar-refractivity contribution is -0.119. The van der Waals surface area contributed by atoms with Gasteiger partial charge in [-0.05, 0) is 43.7 Å². The van der Waals surface area contributed by atoms with Crippen molar-refractivity contribution in [2.75, 3.05) is 18.6 Å². The van der Waals surface area contributed by atoms with Crippen LogP contribution in [0.1, 0.15) is 32.1 Å². The van der Waals surface area contributed by atoms with E-state index in [2.05, 4.69) is 5.32 Å². The first-order chi connectivity index (χ1) is 7.24. The van der Waals surface area contributed by atoms with E-state index < -0.39 is 0 Å². The Morgan fingerprint density at radius 1 is 1.53 bits per heavy atom. The van der Waals surface area contributed by atoms with Crippen molar-refractivity contribution in [2.24, 2.45) is 11.7 Å². The normalized spacial score (nSPS) is 19.3. The molecule has 1 unspecified atom stereocenters. The van der Waals surface area contributed by atoms with Gasteiger partial charge in [-0.1, -0.05) is 12.8 Å². The molecular weight excluding hydrogens is 208 g/mol. The molecule has 0 aliphatic heterocycles. The Morgan fingerprint density at radius 2 is 2.20 bits per heavy atom. The predicted octanol–water partition coefficient (Wildman–Crippen LogP) is 1.37. The van der Waals surface area contributed by atoms with E-state index in [0.29, 0.717) is 0 Å². The number of amides is 1. The zero-order chi connectivity index (χ0) is 11.1. The monoisotopic (exact) mass is 230 g/mol. The van der Waals surface area contributed by atoms with Gasteiger partial charge < -0.3 is 11.1 Å². The highest BCUT2D eigenvalue weighted by Gasteiger charge is 2.16. The molecule has 0 bridgehead atoms. The largest absolute Gasteiger partial charge is 0.368 e. The number of carbonyl (C=O) groups excluding carboxylic acids is 1. The number of primary amides is 1. The van der Waals surface area contributed by atoms with Gasteiger partial charge in [0.15, 0.2) is 0 Å². The van der Waals surface area contributed by atoms with Crippen molar-refractivity contribution in [1.82, 2.24) is 5.32 Å². The summed E-state index contributed by atoms with van der Waals surface area (Å²) in [5.74, 6) is 2.98. The van der Waals surface area contributed by atoms with Crippen molar-refractivity contribution >= 4 is 17.7 Å². The number of hydrogen-bond donors (Lipinski definition) is 2. The maximum atomic E-state index is 10.9. The molecule has 0 heterocycles. The maximum Gasteiger partial charge on any atom is 0.234 e.